The maximum Gasteiger partial charge on any atom is 0.319 e. The van der Waals surface area contributed by atoms with Crippen LogP contribution >= 0.6 is 23.1 Å². The lowest BCUT2D eigenvalue weighted by atomic mass is 10.2. The molecule has 0 atom stereocenters. The van der Waals surface area contributed by atoms with Crippen molar-refractivity contribution in [2.75, 3.05) is 44.7 Å². The molecule has 0 aliphatic carbocycles. The number of nitrogens with zero attached hydrogens (tertiary/aromatic N) is 2. The summed E-state index contributed by atoms with van der Waals surface area (Å²) in [6.45, 7) is 4.29. The SMILES string of the molecule is NC(=O)c1c(OCc2cc(F)c(Cl)cc2F)nsc1NC(=O)NCCCCN1CCOCC1. The van der Waals surface area contributed by atoms with E-state index in [1.54, 1.807) is 0 Å². The number of amides is 3. The Morgan fingerprint density at radius 1 is 1.24 bits per heavy atom. The predicted octanol–water partition coefficient (Wildman–Crippen LogP) is 2.99. The second-order valence-corrected chi connectivity index (χ2v) is 8.43. The van der Waals surface area contributed by atoms with Gasteiger partial charge in [-0.3, -0.25) is 15.0 Å². The maximum absolute atomic E-state index is 13.9. The van der Waals surface area contributed by atoms with Gasteiger partial charge in [0.05, 0.1) is 18.2 Å². The molecule has 0 spiro atoms. The summed E-state index contributed by atoms with van der Waals surface area (Å²) in [4.78, 5) is 26.4. The summed E-state index contributed by atoms with van der Waals surface area (Å²) in [5.41, 5.74) is 5.12. The van der Waals surface area contributed by atoms with Gasteiger partial charge in [0.1, 0.15) is 28.8 Å². The van der Waals surface area contributed by atoms with Crippen molar-refractivity contribution < 1.29 is 27.8 Å². The van der Waals surface area contributed by atoms with Gasteiger partial charge < -0.3 is 20.5 Å². The van der Waals surface area contributed by atoms with Crippen molar-refractivity contribution in [3.8, 4) is 5.88 Å². The predicted molar refractivity (Wildman–Crippen MR) is 120 cm³/mol. The van der Waals surface area contributed by atoms with E-state index in [-0.39, 0.29) is 27.0 Å². The number of hydrogen-bond acceptors (Lipinski definition) is 7. The summed E-state index contributed by atoms with van der Waals surface area (Å²) in [6.07, 6.45) is 1.71. The standard InChI is InChI=1S/C20H24ClF2N5O4S/c21-13-10-14(22)12(9-15(13)23)11-32-18-16(17(24)29)19(33-27-18)26-20(30)25-3-1-2-4-28-5-7-31-8-6-28/h9-10H,1-8,11H2,(H2,24,29)(H2,25,26,30). The third kappa shape index (κ3) is 7.22. The van der Waals surface area contributed by atoms with E-state index in [0.717, 1.165) is 69.4 Å². The van der Waals surface area contributed by atoms with Crippen LogP contribution in [0.1, 0.15) is 28.8 Å². The molecular weight excluding hydrogens is 480 g/mol. The third-order valence-corrected chi connectivity index (χ3v) is 5.91. The normalized spacial score (nSPS) is 14.2. The molecule has 2 aromatic rings. The zero-order chi connectivity index (χ0) is 23.8. The van der Waals surface area contributed by atoms with E-state index < -0.39 is 30.2 Å². The van der Waals surface area contributed by atoms with Crippen molar-refractivity contribution in [2.24, 2.45) is 5.73 Å². The second-order valence-electron chi connectivity index (χ2n) is 7.24. The highest BCUT2D eigenvalue weighted by Crippen LogP contribution is 2.31. The summed E-state index contributed by atoms with van der Waals surface area (Å²) in [5.74, 6) is -2.66. The number of morpholine rings is 1. The Morgan fingerprint density at radius 2 is 2.00 bits per heavy atom. The fourth-order valence-electron chi connectivity index (χ4n) is 3.13. The van der Waals surface area contributed by atoms with Crippen LogP contribution < -0.4 is 21.1 Å². The monoisotopic (exact) mass is 503 g/mol. The van der Waals surface area contributed by atoms with Gasteiger partial charge in [-0.2, -0.15) is 4.37 Å². The zero-order valence-electron chi connectivity index (χ0n) is 17.7. The van der Waals surface area contributed by atoms with Gasteiger partial charge in [-0.15, -0.1) is 0 Å². The van der Waals surface area contributed by atoms with Crippen LogP contribution in [-0.4, -0.2) is 60.6 Å². The van der Waals surface area contributed by atoms with Crippen molar-refractivity contribution in [3.05, 3.63) is 39.9 Å². The Bertz CT molecular complexity index is 988. The molecule has 1 aromatic heterocycles. The first-order valence-corrected chi connectivity index (χ1v) is 11.4. The Hall–Kier alpha value is -2.54. The number of urea groups is 1. The van der Waals surface area contributed by atoms with Crippen LogP contribution in [0.25, 0.3) is 0 Å². The molecule has 2 heterocycles. The average Bonchev–Trinajstić information content (AvgIpc) is 3.18. The summed E-state index contributed by atoms with van der Waals surface area (Å²) >= 11 is 6.32. The Labute approximate surface area is 198 Å². The molecule has 3 rings (SSSR count). The topological polar surface area (TPSA) is 119 Å². The number of nitrogens with one attached hydrogen (secondary N) is 2. The molecule has 1 saturated heterocycles. The van der Waals surface area contributed by atoms with E-state index in [2.05, 4.69) is 19.9 Å². The van der Waals surface area contributed by atoms with E-state index >= 15 is 0 Å². The van der Waals surface area contributed by atoms with Crippen molar-refractivity contribution in [1.29, 1.82) is 0 Å². The lowest BCUT2D eigenvalue weighted by Crippen LogP contribution is -2.37. The van der Waals surface area contributed by atoms with Crippen molar-refractivity contribution in [2.45, 2.75) is 19.4 Å². The van der Waals surface area contributed by atoms with Gasteiger partial charge in [-0.25, -0.2) is 13.6 Å². The van der Waals surface area contributed by atoms with Gasteiger partial charge in [-0.1, -0.05) is 11.6 Å². The number of primary amides is 1. The molecule has 0 unspecified atom stereocenters. The van der Waals surface area contributed by atoms with Gasteiger partial charge in [0.15, 0.2) is 0 Å². The lowest BCUT2D eigenvalue weighted by molar-refractivity contribution is 0.0372. The van der Waals surface area contributed by atoms with E-state index in [9.17, 15) is 18.4 Å². The highest BCUT2D eigenvalue weighted by molar-refractivity contribution is 7.11. The number of rotatable bonds is 10. The van der Waals surface area contributed by atoms with Crippen molar-refractivity contribution >= 4 is 40.1 Å². The number of nitrogens with two attached hydrogens (primary N) is 1. The molecule has 0 saturated carbocycles. The van der Waals surface area contributed by atoms with Crippen LogP contribution in [0.5, 0.6) is 5.88 Å². The minimum Gasteiger partial charge on any atom is -0.471 e. The number of unbranched alkanes of at least 4 members (excludes halogenated alkanes) is 1. The molecule has 1 aliphatic heterocycles. The smallest absolute Gasteiger partial charge is 0.319 e. The van der Waals surface area contributed by atoms with Gasteiger partial charge >= 0.3 is 6.03 Å². The zero-order valence-corrected chi connectivity index (χ0v) is 19.2. The highest BCUT2D eigenvalue weighted by atomic mass is 35.5. The molecule has 33 heavy (non-hydrogen) atoms. The molecule has 1 aliphatic rings. The third-order valence-electron chi connectivity index (χ3n) is 4.88. The van der Waals surface area contributed by atoms with Crippen LogP contribution in [0.2, 0.25) is 5.02 Å². The van der Waals surface area contributed by atoms with Crippen LogP contribution in [0.3, 0.4) is 0 Å². The Balaban J connectivity index is 1.49. The number of carbonyl (C=O) groups is 2. The fourth-order valence-corrected chi connectivity index (χ4v) is 4.02. The van der Waals surface area contributed by atoms with Crippen molar-refractivity contribution in [3.63, 3.8) is 0 Å². The minimum atomic E-state index is -0.887. The number of anilines is 1. The molecule has 180 valence electrons. The molecule has 13 heteroatoms. The number of benzene rings is 1. The Morgan fingerprint density at radius 3 is 2.73 bits per heavy atom. The molecule has 1 fully saturated rings. The van der Waals surface area contributed by atoms with Gasteiger partial charge in [0, 0.05) is 25.2 Å². The highest BCUT2D eigenvalue weighted by Gasteiger charge is 2.22. The van der Waals surface area contributed by atoms with Gasteiger partial charge in [0.25, 0.3) is 5.91 Å². The largest absolute Gasteiger partial charge is 0.471 e. The molecule has 0 bridgehead atoms. The summed E-state index contributed by atoms with van der Waals surface area (Å²) < 4.78 is 42.1. The first-order valence-electron chi connectivity index (χ1n) is 10.3. The summed E-state index contributed by atoms with van der Waals surface area (Å²) in [6, 6.07) is 1.19. The fraction of sp³-hybridized carbons (Fsp3) is 0.450. The van der Waals surface area contributed by atoms with Crippen LogP contribution in [0, 0.1) is 11.6 Å². The number of aromatic nitrogens is 1. The average molecular weight is 504 g/mol. The number of halogens is 3. The molecule has 4 N–H and O–H groups in total. The van der Waals surface area contributed by atoms with E-state index in [4.69, 9.17) is 26.8 Å². The molecule has 0 radical (unpaired) electrons. The first kappa shape index (κ1) is 25.1. The lowest BCUT2D eigenvalue weighted by Gasteiger charge is -2.26. The number of ether oxygens (including phenoxy) is 2. The van der Waals surface area contributed by atoms with Gasteiger partial charge in [-0.05, 0) is 43.1 Å². The minimum absolute atomic E-state index is 0.0890. The molecule has 3 amide bonds. The second kappa shape index (κ2) is 12.1. The molecule has 9 nitrogen and oxygen atoms in total. The molecule has 1 aromatic carbocycles. The Kier molecular flexibility index (Phi) is 9.18. The molecular formula is C20H24ClF2N5O4S. The summed E-state index contributed by atoms with van der Waals surface area (Å²) in [5, 5.41) is 4.96. The summed E-state index contributed by atoms with van der Waals surface area (Å²) in [7, 11) is 0. The van der Waals surface area contributed by atoms with Crippen LogP contribution in [0.4, 0.5) is 18.6 Å². The number of carbonyl (C=O) groups excluding carboxylic acids is 2. The first-order chi connectivity index (χ1) is 15.8. The quantitative estimate of drug-likeness (QED) is 0.339. The van der Waals surface area contributed by atoms with Crippen LogP contribution in [0.15, 0.2) is 12.1 Å². The van der Waals surface area contributed by atoms with Gasteiger partial charge in [0.2, 0.25) is 5.88 Å². The van der Waals surface area contributed by atoms with E-state index in [1.807, 2.05) is 0 Å². The van der Waals surface area contributed by atoms with E-state index in [0.29, 0.717) is 6.54 Å². The maximum atomic E-state index is 13.9. The number of hydrogen-bond donors (Lipinski definition) is 3. The van der Waals surface area contributed by atoms with Crippen molar-refractivity contribution in [1.82, 2.24) is 14.6 Å². The van der Waals surface area contributed by atoms with Crippen LogP contribution in [-0.2, 0) is 11.3 Å². The van der Waals surface area contributed by atoms with E-state index in [1.165, 1.54) is 0 Å².